The fraction of sp³-hybridized carbons (Fsp3) is 0.214. The molecule has 1 aromatic carbocycles. The van der Waals surface area contributed by atoms with Gasteiger partial charge < -0.3 is 9.84 Å². The first-order valence-corrected chi connectivity index (χ1v) is 6.10. The highest BCUT2D eigenvalue weighted by atomic mass is 16.5. The Balaban J connectivity index is 2.49. The third-order valence-electron chi connectivity index (χ3n) is 2.70. The van der Waals surface area contributed by atoms with Crippen molar-refractivity contribution in [2.75, 3.05) is 6.61 Å². The van der Waals surface area contributed by atoms with E-state index in [1.165, 1.54) is 10.7 Å². The predicted octanol–water partition coefficient (Wildman–Crippen LogP) is 1.64. The Labute approximate surface area is 115 Å². The first-order valence-electron chi connectivity index (χ1n) is 6.10. The van der Waals surface area contributed by atoms with E-state index in [1.807, 2.05) is 6.92 Å². The van der Waals surface area contributed by atoms with Gasteiger partial charge in [0.2, 0.25) is 11.1 Å². The van der Waals surface area contributed by atoms with Crippen molar-refractivity contribution in [3.63, 3.8) is 0 Å². The summed E-state index contributed by atoms with van der Waals surface area (Å²) in [4.78, 5) is 22.5. The van der Waals surface area contributed by atoms with Crippen LogP contribution in [0.2, 0.25) is 0 Å². The van der Waals surface area contributed by atoms with Crippen LogP contribution >= 0.6 is 0 Å². The van der Waals surface area contributed by atoms with Crippen LogP contribution in [-0.2, 0) is 0 Å². The zero-order chi connectivity index (χ0) is 14.7. The number of nitrogens with zero attached hydrogens (tertiary/aromatic N) is 2. The van der Waals surface area contributed by atoms with E-state index in [0.29, 0.717) is 23.7 Å². The second-order valence-corrected chi connectivity index (χ2v) is 4.14. The van der Waals surface area contributed by atoms with Crippen LogP contribution in [0.5, 0.6) is 5.75 Å². The smallest absolute Gasteiger partial charge is 0.360 e. The Hall–Kier alpha value is -2.63. The predicted molar refractivity (Wildman–Crippen MR) is 72.7 cm³/mol. The van der Waals surface area contributed by atoms with E-state index in [9.17, 15) is 9.59 Å². The highest BCUT2D eigenvalue weighted by molar-refractivity contribution is 5.84. The monoisotopic (exact) mass is 274 g/mol. The summed E-state index contributed by atoms with van der Waals surface area (Å²) in [6, 6.07) is 8.28. The van der Waals surface area contributed by atoms with E-state index < -0.39 is 17.1 Å². The van der Waals surface area contributed by atoms with Gasteiger partial charge in [-0.15, -0.1) is 0 Å². The van der Waals surface area contributed by atoms with Crippen molar-refractivity contribution in [1.29, 1.82) is 0 Å². The number of aryl methyl sites for hydroxylation is 1. The van der Waals surface area contributed by atoms with Crippen LogP contribution in [0.15, 0.2) is 35.1 Å². The second kappa shape index (κ2) is 5.56. The first kappa shape index (κ1) is 13.8. The lowest BCUT2D eigenvalue weighted by Gasteiger charge is -2.10. The van der Waals surface area contributed by atoms with Gasteiger partial charge in [-0.1, -0.05) is 0 Å². The topological polar surface area (TPSA) is 81.4 Å². The number of aromatic carboxylic acids is 1. The fourth-order valence-corrected chi connectivity index (χ4v) is 1.81. The van der Waals surface area contributed by atoms with Gasteiger partial charge >= 0.3 is 5.97 Å². The van der Waals surface area contributed by atoms with Crippen LogP contribution in [0, 0.1) is 6.92 Å². The van der Waals surface area contributed by atoms with E-state index in [0.717, 1.165) is 0 Å². The summed E-state index contributed by atoms with van der Waals surface area (Å²) >= 11 is 0. The number of benzene rings is 1. The summed E-state index contributed by atoms with van der Waals surface area (Å²) in [6.45, 7) is 4.15. The van der Waals surface area contributed by atoms with Crippen LogP contribution in [0.4, 0.5) is 0 Å². The number of aromatic nitrogens is 2. The van der Waals surface area contributed by atoms with Crippen LogP contribution in [0.1, 0.15) is 23.1 Å². The maximum atomic E-state index is 11.5. The van der Waals surface area contributed by atoms with E-state index in [1.54, 1.807) is 31.2 Å². The summed E-state index contributed by atoms with van der Waals surface area (Å²) in [5.41, 5.74) is 0.124. The Kier molecular flexibility index (Phi) is 3.84. The summed E-state index contributed by atoms with van der Waals surface area (Å²) in [5.74, 6) is -0.622. The average molecular weight is 274 g/mol. The molecule has 0 fully saturated rings. The first-order chi connectivity index (χ1) is 9.52. The maximum Gasteiger partial charge on any atom is 0.360 e. The number of carboxylic acid groups (broad SMARTS) is 1. The van der Waals surface area contributed by atoms with Crippen molar-refractivity contribution >= 4 is 5.97 Å². The minimum absolute atomic E-state index is 0.496. The fourth-order valence-electron chi connectivity index (χ4n) is 1.81. The summed E-state index contributed by atoms with van der Waals surface area (Å²) < 4.78 is 6.75. The zero-order valence-corrected chi connectivity index (χ0v) is 11.2. The molecule has 0 amide bonds. The standard InChI is InChI=1S/C14H14N2O4/c1-3-20-11-6-4-10(5-7-11)16-9(2)8-12(17)13(15-16)14(18)19/h4-8H,3H2,1-2H3,(H,18,19). The number of carboxylic acids is 1. The van der Waals surface area contributed by atoms with Gasteiger partial charge in [-0.25, -0.2) is 9.48 Å². The minimum Gasteiger partial charge on any atom is -0.494 e. The molecule has 104 valence electrons. The van der Waals surface area contributed by atoms with E-state index in [-0.39, 0.29) is 0 Å². The third-order valence-corrected chi connectivity index (χ3v) is 2.70. The van der Waals surface area contributed by atoms with Gasteiger partial charge in [0, 0.05) is 11.8 Å². The molecule has 0 saturated heterocycles. The zero-order valence-electron chi connectivity index (χ0n) is 11.2. The number of carbonyl (C=O) groups is 1. The number of hydrogen-bond acceptors (Lipinski definition) is 4. The van der Waals surface area contributed by atoms with Crippen LogP contribution in [-0.4, -0.2) is 27.5 Å². The molecule has 2 aromatic rings. The molecule has 0 aliphatic heterocycles. The largest absolute Gasteiger partial charge is 0.494 e. The Bertz CT molecular complexity index is 689. The van der Waals surface area contributed by atoms with Gasteiger partial charge in [0.05, 0.1) is 12.3 Å². The van der Waals surface area contributed by atoms with Gasteiger partial charge in [0.1, 0.15) is 5.75 Å². The molecule has 20 heavy (non-hydrogen) atoms. The van der Waals surface area contributed by atoms with Crippen molar-refractivity contribution in [2.24, 2.45) is 0 Å². The quantitative estimate of drug-likeness (QED) is 0.916. The molecule has 0 bridgehead atoms. The summed E-state index contributed by atoms with van der Waals surface area (Å²) in [6.07, 6.45) is 0. The molecule has 0 spiro atoms. The van der Waals surface area contributed by atoms with Gasteiger partial charge in [-0.2, -0.15) is 5.10 Å². The molecule has 0 unspecified atom stereocenters. The van der Waals surface area contributed by atoms with Crippen LogP contribution in [0.25, 0.3) is 5.69 Å². The third kappa shape index (κ3) is 2.69. The van der Waals surface area contributed by atoms with Crippen molar-refractivity contribution in [3.8, 4) is 11.4 Å². The molecule has 1 aromatic heterocycles. The molecule has 0 aliphatic rings. The molecule has 0 atom stereocenters. The van der Waals surface area contributed by atoms with Gasteiger partial charge in [0.25, 0.3) is 0 Å². The summed E-state index contributed by atoms with van der Waals surface area (Å²) in [5, 5.41) is 12.8. The highest BCUT2D eigenvalue weighted by Crippen LogP contribution is 2.15. The highest BCUT2D eigenvalue weighted by Gasteiger charge is 2.13. The molecule has 6 heteroatoms. The molecule has 0 aliphatic carbocycles. The number of rotatable bonds is 4. The van der Waals surface area contributed by atoms with Gasteiger partial charge in [-0.3, -0.25) is 4.79 Å². The normalized spacial score (nSPS) is 10.3. The van der Waals surface area contributed by atoms with Crippen molar-refractivity contribution in [1.82, 2.24) is 9.78 Å². The van der Waals surface area contributed by atoms with Crippen molar-refractivity contribution in [3.05, 3.63) is 51.9 Å². The molecular weight excluding hydrogens is 260 g/mol. The molecule has 1 N–H and O–H groups in total. The molecule has 2 rings (SSSR count). The van der Waals surface area contributed by atoms with E-state index in [2.05, 4.69) is 5.10 Å². The Morgan fingerprint density at radius 1 is 1.35 bits per heavy atom. The van der Waals surface area contributed by atoms with Crippen LogP contribution < -0.4 is 10.2 Å². The second-order valence-electron chi connectivity index (χ2n) is 4.14. The van der Waals surface area contributed by atoms with Crippen molar-refractivity contribution < 1.29 is 14.6 Å². The molecule has 0 radical (unpaired) electrons. The Morgan fingerprint density at radius 2 is 2.00 bits per heavy atom. The average Bonchev–Trinajstić information content (AvgIpc) is 2.40. The SMILES string of the molecule is CCOc1ccc(-n2nc(C(=O)O)c(=O)cc2C)cc1. The van der Waals surface area contributed by atoms with E-state index in [4.69, 9.17) is 9.84 Å². The minimum atomic E-state index is -1.34. The Morgan fingerprint density at radius 3 is 2.55 bits per heavy atom. The lowest BCUT2D eigenvalue weighted by atomic mass is 10.2. The maximum absolute atomic E-state index is 11.5. The van der Waals surface area contributed by atoms with Crippen LogP contribution in [0.3, 0.4) is 0 Å². The number of ether oxygens (including phenoxy) is 1. The van der Waals surface area contributed by atoms with Gasteiger partial charge in [0.15, 0.2) is 0 Å². The molecule has 6 nitrogen and oxygen atoms in total. The molecule has 0 saturated carbocycles. The number of hydrogen-bond donors (Lipinski definition) is 1. The van der Waals surface area contributed by atoms with E-state index >= 15 is 0 Å². The molecule has 1 heterocycles. The summed E-state index contributed by atoms with van der Waals surface area (Å²) in [7, 11) is 0. The lowest BCUT2D eigenvalue weighted by Crippen LogP contribution is -2.22. The van der Waals surface area contributed by atoms with Gasteiger partial charge in [-0.05, 0) is 38.1 Å². The molecular formula is C14H14N2O4. The van der Waals surface area contributed by atoms with Crippen molar-refractivity contribution in [2.45, 2.75) is 13.8 Å². The lowest BCUT2D eigenvalue weighted by molar-refractivity contribution is 0.0686.